The lowest BCUT2D eigenvalue weighted by Gasteiger charge is -2.26. The number of benzene rings is 2. The lowest BCUT2D eigenvalue weighted by molar-refractivity contribution is -0.132. The highest BCUT2D eigenvalue weighted by Crippen LogP contribution is 2.26. The summed E-state index contributed by atoms with van der Waals surface area (Å²) in [6, 6.07) is 17.7. The van der Waals surface area contributed by atoms with Crippen LogP contribution in [0.3, 0.4) is 0 Å². The second kappa shape index (κ2) is 8.25. The summed E-state index contributed by atoms with van der Waals surface area (Å²) >= 11 is 0. The Morgan fingerprint density at radius 3 is 2.75 bits per heavy atom. The molecular weight excluding hydrogens is 354 g/mol. The van der Waals surface area contributed by atoms with Crippen LogP contribution in [0.15, 0.2) is 59.7 Å². The van der Waals surface area contributed by atoms with Crippen molar-refractivity contribution < 1.29 is 14.3 Å². The van der Waals surface area contributed by atoms with Crippen LogP contribution in [0.4, 0.5) is 0 Å². The Hall–Kier alpha value is -3.15. The number of amides is 2. The van der Waals surface area contributed by atoms with Gasteiger partial charge >= 0.3 is 0 Å². The fourth-order valence-corrected chi connectivity index (χ4v) is 3.54. The maximum Gasteiger partial charge on any atom is 0.243 e. The minimum atomic E-state index is -0.213. The molecule has 2 amide bonds. The predicted octanol–water partition coefficient (Wildman–Crippen LogP) is 2.38. The topological polar surface area (TPSA) is 71.0 Å². The van der Waals surface area contributed by atoms with Crippen molar-refractivity contribution in [2.24, 2.45) is 11.0 Å². The van der Waals surface area contributed by atoms with Crippen molar-refractivity contribution >= 4 is 17.5 Å². The molecule has 0 saturated carbocycles. The molecule has 0 fully saturated rings. The zero-order chi connectivity index (χ0) is 19.3. The van der Waals surface area contributed by atoms with Crippen molar-refractivity contribution in [3.8, 4) is 5.75 Å². The minimum absolute atomic E-state index is 0.0103. The largest absolute Gasteiger partial charge is 0.492 e. The van der Waals surface area contributed by atoms with E-state index in [9.17, 15) is 9.59 Å². The van der Waals surface area contributed by atoms with Crippen LogP contribution in [0, 0.1) is 5.92 Å². The van der Waals surface area contributed by atoms with Gasteiger partial charge in [-0.1, -0.05) is 48.5 Å². The molecule has 4 rings (SSSR count). The molecule has 144 valence electrons. The van der Waals surface area contributed by atoms with Gasteiger partial charge in [0.2, 0.25) is 11.8 Å². The molecule has 2 aliphatic heterocycles. The van der Waals surface area contributed by atoms with Crippen LogP contribution in [0.2, 0.25) is 0 Å². The maximum atomic E-state index is 12.5. The van der Waals surface area contributed by atoms with Gasteiger partial charge in [-0.3, -0.25) is 9.59 Å². The average Bonchev–Trinajstić information content (AvgIpc) is 2.75. The number of hydrazone groups is 1. The Labute approximate surface area is 164 Å². The summed E-state index contributed by atoms with van der Waals surface area (Å²) in [4.78, 5) is 24.7. The van der Waals surface area contributed by atoms with Crippen LogP contribution in [-0.2, 0) is 16.0 Å². The van der Waals surface area contributed by atoms with E-state index in [1.165, 1.54) is 5.01 Å². The van der Waals surface area contributed by atoms with Gasteiger partial charge in [-0.05, 0) is 23.6 Å². The van der Waals surface area contributed by atoms with Gasteiger partial charge in [0.1, 0.15) is 12.4 Å². The Morgan fingerprint density at radius 2 is 1.89 bits per heavy atom. The molecule has 0 spiro atoms. The number of para-hydroxylation sites is 1. The smallest absolute Gasteiger partial charge is 0.243 e. The van der Waals surface area contributed by atoms with Crippen molar-refractivity contribution in [3.05, 3.63) is 65.7 Å². The van der Waals surface area contributed by atoms with Crippen molar-refractivity contribution in [1.82, 2.24) is 10.3 Å². The third kappa shape index (κ3) is 4.06. The Bertz CT molecular complexity index is 895. The quantitative estimate of drug-likeness (QED) is 0.870. The Balaban J connectivity index is 1.32. The highest BCUT2D eigenvalue weighted by Gasteiger charge is 2.26. The van der Waals surface area contributed by atoms with E-state index in [4.69, 9.17) is 4.74 Å². The summed E-state index contributed by atoms with van der Waals surface area (Å²) in [6.07, 6.45) is 1.75. The summed E-state index contributed by atoms with van der Waals surface area (Å²) < 4.78 is 5.69. The molecule has 1 N–H and O–H groups in total. The number of hydrogen-bond donors (Lipinski definition) is 1. The van der Waals surface area contributed by atoms with Crippen molar-refractivity contribution in [2.75, 3.05) is 19.7 Å². The second-order valence-electron chi connectivity index (χ2n) is 7.04. The number of ether oxygens (including phenoxy) is 1. The number of hydrogen-bond acceptors (Lipinski definition) is 4. The van der Waals surface area contributed by atoms with Gasteiger partial charge in [0, 0.05) is 19.4 Å². The summed E-state index contributed by atoms with van der Waals surface area (Å²) in [6.45, 7) is 1.11. The van der Waals surface area contributed by atoms with Gasteiger partial charge < -0.3 is 10.1 Å². The van der Waals surface area contributed by atoms with E-state index in [-0.39, 0.29) is 17.7 Å². The lowest BCUT2D eigenvalue weighted by atomic mass is 9.96. The molecule has 0 bridgehead atoms. The molecule has 6 heteroatoms. The summed E-state index contributed by atoms with van der Waals surface area (Å²) in [5.41, 5.74) is 2.99. The first-order valence-corrected chi connectivity index (χ1v) is 9.62. The van der Waals surface area contributed by atoms with Crippen LogP contribution < -0.4 is 10.1 Å². The fraction of sp³-hybridized carbons (Fsp3) is 0.318. The molecule has 0 saturated heterocycles. The van der Waals surface area contributed by atoms with E-state index >= 15 is 0 Å². The minimum Gasteiger partial charge on any atom is -0.492 e. The number of carbonyl (C=O) groups is 2. The number of fused-ring (bicyclic) bond motifs is 1. The van der Waals surface area contributed by atoms with Crippen LogP contribution >= 0.6 is 0 Å². The Morgan fingerprint density at radius 1 is 1.11 bits per heavy atom. The maximum absolute atomic E-state index is 12.5. The molecule has 6 nitrogen and oxygen atoms in total. The van der Waals surface area contributed by atoms with Crippen LogP contribution in [-0.4, -0.2) is 42.2 Å². The molecule has 0 aromatic heterocycles. The first-order chi connectivity index (χ1) is 13.7. The molecule has 2 aromatic rings. The van der Waals surface area contributed by atoms with Crippen molar-refractivity contribution in [1.29, 1.82) is 0 Å². The van der Waals surface area contributed by atoms with Crippen molar-refractivity contribution in [2.45, 2.75) is 19.3 Å². The highest BCUT2D eigenvalue weighted by atomic mass is 16.5. The van der Waals surface area contributed by atoms with Crippen LogP contribution in [0.25, 0.3) is 0 Å². The third-order valence-corrected chi connectivity index (χ3v) is 5.08. The molecule has 1 atom stereocenters. The lowest BCUT2D eigenvalue weighted by Crippen LogP contribution is -2.42. The molecule has 2 aromatic carbocycles. The molecule has 0 unspecified atom stereocenters. The number of nitrogens with one attached hydrogen (secondary N) is 1. The first-order valence-electron chi connectivity index (χ1n) is 9.62. The zero-order valence-electron chi connectivity index (χ0n) is 15.6. The van der Waals surface area contributed by atoms with Gasteiger partial charge in [-0.25, -0.2) is 5.01 Å². The van der Waals surface area contributed by atoms with Gasteiger partial charge in [0.15, 0.2) is 0 Å². The number of rotatable bonds is 5. The molecule has 0 aliphatic carbocycles. The molecule has 0 radical (unpaired) electrons. The molecule has 28 heavy (non-hydrogen) atoms. The molecular formula is C22H23N3O3. The van der Waals surface area contributed by atoms with Crippen molar-refractivity contribution in [3.63, 3.8) is 0 Å². The van der Waals surface area contributed by atoms with E-state index in [0.717, 1.165) is 22.6 Å². The first kappa shape index (κ1) is 18.2. The fourth-order valence-electron chi connectivity index (χ4n) is 3.54. The van der Waals surface area contributed by atoms with Gasteiger partial charge in [-0.2, -0.15) is 5.10 Å². The molecule has 2 aliphatic rings. The summed E-state index contributed by atoms with van der Waals surface area (Å²) in [5, 5.41) is 8.89. The van der Waals surface area contributed by atoms with E-state index in [1.54, 1.807) is 0 Å². The van der Waals surface area contributed by atoms with E-state index in [0.29, 0.717) is 39.0 Å². The SMILES string of the molecule is O=C(NCCN1N=C(c2ccccc2)CCC1=O)[C@H]1COc2ccccc2C1. The normalized spacial score (nSPS) is 18.7. The molecule has 2 heterocycles. The highest BCUT2D eigenvalue weighted by molar-refractivity contribution is 6.04. The second-order valence-corrected chi connectivity index (χ2v) is 7.04. The number of carbonyl (C=O) groups excluding carboxylic acids is 2. The standard InChI is InChI=1S/C22H23N3O3/c26-21-11-10-19(16-6-2-1-3-7-16)24-25(21)13-12-23-22(27)18-14-17-8-4-5-9-20(17)28-15-18/h1-9,18H,10-15H2,(H,23,27)/t18-/m1/s1. The van der Waals surface area contributed by atoms with Gasteiger partial charge in [0.25, 0.3) is 0 Å². The summed E-state index contributed by atoms with van der Waals surface area (Å²) in [5.74, 6) is 0.582. The third-order valence-electron chi connectivity index (χ3n) is 5.08. The van der Waals surface area contributed by atoms with E-state index in [2.05, 4.69) is 10.4 Å². The van der Waals surface area contributed by atoms with Gasteiger partial charge in [0.05, 0.1) is 18.2 Å². The van der Waals surface area contributed by atoms with E-state index in [1.807, 2.05) is 54.6 Å². The van der Waals surface area contributed by atoms with Crippen LogP contribution in [0.1, 0.15) is 24.0 Å². The summed E-state index contributed by atoms with van der Waals surface area (Å²) in [7, 11) is 0. The zero-order valence-corrected chi connectivity index (χ0v) is 15.6. The van der Waals surface area contributed by atoms with Crippen LogP contribution in [0.5, 0.6) is 5.75 Å². The average molecular weight is 377 g/mol. The number of nitrogens with zero attached hydrogens (tertiary/aromatic N) is 2. The monoisotopic (exact) mass is 377 g/mol. The van der Waals surface area contributed by atoms with Gasteiger partial charge in [-0.15, -0.1) is 0 Å². The predicted molar refractivity (Wildman–Crippen MR) is 106 cm³/mol. The van der Waals surface area contributed by atoms with E-state index < -0.39 is 0 Å². The Kier molecular flexibility index (Phi) is 5.37.